The average Bonchev–Trinajstić information content (AvgIpc) is 3.12. The number of alkyl halides is 3. The van der Waals surface area contributed by atoms with Crippen molar-refractivity contribution < 1.29 is 22.7 Å². The van der Waals surface area contributed by atoms with Gasteiger partial charge < -0.3 is 20.3 Å². The van der Waals surface area contributed by atoms with Gasteiger partial charge in [-0.25, -0.2) is 4.99 Å². The molecule has 1 heterocycles. The minimum Gasteiger partial charge on any atom is -0.383 e. The van der Waals surface area contributed by atoms with Gasteiger partial charge in [0.2, 0.25) is 5.91 Å². The normalized spacial score (nSPS) is 17.2. The van der Waals surface area contributed by atoms with Crippen LogP contribution in [0.3, 0.4) is 0 Å². The van der Waals surface area contributed by atoms with Crippen molar-refractivity contribution in [3.8, 4) is 0 Å². The molecule has 1 aromatic carbocycles. The van der Waals surface area contributed by atoms with Gasteiger partial charge in [-0.05, 0) is 24.1 Å². The van der Waals surface area contributed by atoms with Crippen molar-refractivity contribution in [1.82, 2.24) is 20.4 Å². The molecular weight excluding hydrogens is 526 g/mol. The van der Waals surface area contributed by atoms with Gasteiger partial charge in [0.25, 0.3) is 0 Å². The molecule has 0 aromatic heterocycles. The Hall–Kier alpha value is -1.60. The van der Waals surface area contributed by atoms with Crippen LogP contribution >= 0.6 is 24.0 Å². The summed E-state index contributed by atoms with van der Waals surface area (Å²) in [5, 5.41) is 6.48. The van der Waals surface area contributed by atoms with Crippen LogP contribution in [0.2, 0.25) is 0 Å². The number of hydrogen-bond acceptors (Lipinski definition) is 4. The van der Waals surface area contributed by atoms with Crippen molar-refractivity contribution in [3.63, 3.8) is 0 Å². The standard InChI is InChI=1S/C20H30F3N5O2.HI/c1-27(2)18(29)12-25-19(24-9-11-30-3)26-17-8-10-28(14-17)13-15-4-6-16(7-5-15)20(21,22)23;/h4-7,17H,8-14H2,1-3H3,(H2,24,25,26);1H. The SMILES string of the molecule is COCCNC(=NCC(=O)N(C)C)NC1CCN(Cc2ccc(C(F)(F)F)cc2)C1.I. The van der Waals surface area contributed by atoms with E-state index in [0.29, 0.717) is 25.7 Å². The third-order valence-corrected chi connectivity index (χ3v) is 4.77. The maximum Gasteiger partial charge on any atom is 0.416 e. The van der Waals surface area contributed by atoms with Crippen molar-refractivity contribution in [2.45, 2.75) is 25.2 Å². The van der Waals surface area contributed by atoms with Crippen molar-refractivity contribution in [1.29, 1.82) is 0 Å². The smallest absolute Gasteiger partial charge is 0.383 e. The fourth-order valence-electron chi connectivity index (χ4n) is 3.06. The first-order chi connectivity index (χ1) is 14.2. The van der Waals surface area contributed by atoms with E-state index in [2.05, 4.69) is 20.5 Å². The number of likely N-dealkylation sites (N-methyl/N-ethyl adjacent to an activating group) is 1. The molecule has 1 aliphatic rings. The number of rotatable bonds is 8. The van der Waals surface area contributed by atoms with Gasteiger partial charge in [-0.1, -0.05) is 12.1 Å². The van der Waals surface area contributed by atoms with Crippen molar-refractivity contribution >= 4 is 35.8 Å². The van der Waals surface area contributed by atoms with E-state index in [1.807, 2.05) is 0 Å². The molecule has 0 spiro atoms. The minimum absolute atomic E-state index is 0. The summed E-state index contributed by atoms with van der Waals surface area (Å²) in [5.74, 6) is 0.446. The van der Waals surface area contributed by atoms with Crippen LogP contribution in [-0.2, 0) is 22.3 Å². The summed E-state index contributed by atoms with van der Waals surface area (Å²) in [6.45, 7) is 3.23. The van der Waals surface area contributed by atoms with Gasteiger partial charge in [0, 0.05) is 53.4 Å². The number of methoxy groups -OCH3 is 1. The van der Waals surface area contributed by atoms with Crippen molar-refractivity contribution in [2.75, 3.05) is 54.0 Å². The number of likely N-dealkylation sites (tertiary alicyclic amines) is 1. The molecule has 1 fully saturated rings. The van der Waals surface area contributed by atoms with Crippen LogP contribution in [0.25, 0.3) is 0 Å². The summed E-state index contributed by atoms with van der Waals surface area (Å²) >= 11 is 0. The molecule has 1 aliphatic heterocycles. The first-order valence-corrected chi connectivity index (χ1v) is 9.81. The maximum absolute atomic E-state index is 12.7. The second kappa shape index (κ2) is 13.1. The molecule has 0 saturated carbocycles. The van der Waals surface area contributed by atoms with Gasteiger partial charge in [0.1, 0.15) is 6.54 Å². The summed E-state index contributed by atoms with van der Waals surface area (Å²) in [6.07, 6.45) is -3.45. The number of carbonyl (C=O) groups excluding carboxylic acids is 1. The number of nitrogens with one attached hydrogen (secondary N) is 2. The number of aliphatic imine (C=N–C) groups is 1. The Balaban J connectivity index is 0.00000480. The number of ether oxygens (including phenoxy) is 1. The van der Waals surface area contributed by atoms with Crippen LogP contribution in [0.15, 0.2) is 29.3 Å². The topological polar surface area (TPSA) is 69.2 Å². The highest BCUT2D eigenvalue weighted by atomic mass is 127. The van der Waals surface area contributed by atoms with E-state index in [4.69, 9.17) is 4.74 Å². The van der Waals surface area contributed by atoms with E-state index in [-0.39, 0.29) is 42.5 Å². The van der Waals surface area contributed by atoms with Gasteiger partial charge >= 0.3 is 6.18 Å². The molecule has 11 heteroatoms. The van der Waals surface area contributed by atoms with E-state index in [0.717, 1.165) is 37.2 Å². The molecule has 31 heavy (non-hydrogen) atoms. The number of benzene rings is 1. The van der Waals surface area contributed by atoms with Gasteiger partial charge in [-0.15, -0.1) is 24.0 Å². The number of amides is 1. The van der Waals surface area contributed by atoms with Gasteiger partial charge in [-0.3, -0.25) is 9.69 Å². The molecule has 176 valence electrons. The lowest BCUT2D eigenvalue weighted by Crippen LogP contribution is -2.46. The van der Waals surface area contributed by atoms with E-state index in [9.17, 15) is 18.0 Å². The summed E-state index contributed by atoms with van der Waals surface area (Å²) < 4.78 is 43.1. The highest BCUT2D eigenvalue weighted by Gasteiger charge is 2.30. The molecule has 2 rings (SSSR count). The highest BCUT2D eigenvalue weighted by Crippen LogP contribution is 2.29. The third-order valence-electron chi connectivity index (χ3n) is 4.77. The molecule has 1 unspecified atom stereocenters. The van der Waals surface area contributed by atoms with Crippen LogP contribution in [0.5, 0.6) is 0 Å². The Kier molecular flexibility index (Phi) is 11.6. The molecule has 0 aliphatic carbocycles. The van der Waals surface area contributed by atoms with Crippen LogP contribution in [0.1, 0.15) is 17.5 Å². The Bertz CT molecular complexity index is 714. The average molecular weight is 557 g/mol. The lowest BCUT2D eigenvalue weighted by atomic mass is 10.1. The van der Waals surface area contributed by atoms with Crippen molar-refractivity contribution in [3.05, 3.63) is 35.4 Å². The largest absolute Gasteiger partial charge is 0.416 e. The van der Waals surface area contributed by atoms with E-state index >= 15 is 0 Å². The Labute approximate surface area is 198 Å². The molecular formula is C20H31F3IN5O2. The Morgan fingerprint density at radius 1 is 1.29 bits per heavy atom. The minimum atomic E-state index is -4.32. The second-order valence-corrected chi connectivity index (χ2v) is 7.43. The number of hydrogen-bond donors (Lipinski definition) is 2. The molecule has 1 amide bonds. The first kappa shape index (κ1) is 27.4. The fraction of sp³-hybridized carbons (Fsp3) is 0.600. The summed E-state index contributed by atoms with van der Waals surface area (Å²) in [4.78, 5) is 19.8. The molecule has 0 bridgehead atoms. The molecule has 7 nitrogen and oxygen atoms in total. The zero-order valence-electron chi connectivity index (χ0n) is 18.0. The van der Waals surface area contributed by atoms with E-state index < -0.39 is 11.7 Å². The van der Waals surface area contributed by atoms with Gasteiger partial charge in [0.15, 0.2) is 5.96 Å². The Morgan fingerprint density at radius 3 is 2.55 bits per heavy atom. The van der Waals surface area contributed by atoms with E-state index in [1.165, 1.54) is 17.0 Å². The van der Waals surface area contributed by atoms with Crippen molar-refractivity contribution in [2.24, 2.45) is 4.99 Å². The quantitative estimate of drug-likeness (QED) is 0.222. The predicted octanol–water partition coefficient (Wildman–Crippen LogP) is 2.17. The van der Waals surface area contributed by atoms with Crippen LogP contribution in [-0.4, -0.2) is 81.7 Å². The van der Waals surface area contributed by atoms with Gasteiger partial charge in [0.05, 0.1) is 12.2 Å². The lowest BCUT2D eigenvalue weighted by Gasteiger charge is -2.19. The number of carbonyl (C=O) groups is 1. The summed E-state index contributed by atoms with van der Waals surface area (Å²) in [6, 6.07) is 5.41. The van der Waals surface area contributed by atoms with Crippen LogP contribution in [0, 0.1) is 0 Å². The Morgan fingerprint density at radius 2 is 1.97 bits per heavy atom. The van der Waals surface area contributed by atoms with Crippen LogP contribution in [0.4, 0.5) is 13.2 Å². The van der Waals surface area contributed by atoms with E-state index in [1.54, 1.807) is 21.2 Å². The summed E-state index contributed by atoms with van der Waals surface area (Å²) in [5.41, 5.74) is 0.204. The summed E-state index contributed by atoms with van der Waals surface area (Å²) in [7, 11) is 4.97. The molecule has 0 radical (unpaired) electrons. The number of guanidine groups is 1. The molecule has 2 N–H and O–H groups in total. The highest BCUT2D eigenvalue weighted by molar-refractivity contribution is 14.0. The molecule has 1 atom stereocenters. The number of nitrogens with zero attached hydrogens (tertiary/aromatic N) is 3. The predicted molar refractivity (Wildman–Crippen MR) is 125 cm³/mol. The van der Waals surface area contributed by atoms with Crippen LogP contribution < -0.4 is 10.6 Å². The second-order valence-electron chi connectivity index (χ2n) is 7.43. The zero-order chi connectivity index (χ0) is 22.1. The molecule has 1 aromatic rings. The maximum atomic E-state index is 12.7. The number of halogens is 4. The monoisotopic (exact) mass is 557 g/mol. The third kappa shape index (κ3) is 9.60. The van der Waals surface area contributed by atoms with Gasteiger partial charge in [-0.2, -0.15) is 13.2 Å². The first-order valence-electron chi connectivity index (χ1n) is 9.81. The molecule has 1 saturated heterocycles. The fourth-order valence-corrected chi connectivity index (χ4v) is 3.06. The lowest BCUT2D eigenvalue weighted by molar-refractivity contribution is -0.137. The zero-order valence-corrected chi connectivity index (χ0v) is 20.4.